The molecule has 0 aromatic carbocycles. The molecule has 1 N–H and O–H groups in total. The zero-order valence-corrected chi connectivity index (χ0v) is 7.46. The van der Waals surface area contributed by atoms with Crippen molar-refractivity contribution in [1.29, 1.82) is 0 Å². The van der Waals surface area contributed by atoms with E-state index in [4.69, 9.17) is 9.52 Å². The van der Waals surface area contributed by atoms with Gasteiger partial charge in [-0.15, -0.1) is 0 Å². The maximum atomic E-state index is 10.9. The monoisotopic (exact) mass is 182 g/mol. The summed E-state index contributed by atoms with van der Waals surface area (Å²) < 4.78 is 5.06. The van der Waals surface area contributed by atoms with Crippen LogP contribution in [-0.2, 0) is 11.2 Å². The molecule has 4 heteroatoms. The number of hydrogen-bond donors (Lipinski definition) is 1. The number of carboxylic acid groups (broad SMARTS) is 1. The summed E-state index contributed by atoms with van der Waals surface area (Å²) in [7, 11) is 0. The Hall–Kier alpha value is -1.58. The Morgan fingerprint density at radius 1 is 1.54 bits per heavy atom. The van der Waals surface area contributed by atoms with Crippen molar-refractivity contribution in [2.45, 2.75) is 20.3 Å². The summed E-state index contributed by atoms with van der Waals surface area (Å²) in [5, 5.41) is 8.49. The first-order valence-electron chi connectivity index (χ1n) is 3.82. The van der Waals surface area contributed by atoms with E-state index in [1.807, 2.05) is 0 Å². The highest BCUT2D eigenvalue weighted by atomic mass is 16.4. The van der Waals surface area contributed by atoms with E-state index in [2.05, 4.69) is 0 Å². The number of aliphatic carboxylic acids is 1. The lowest BCUT2D eigenvalue weighted by Gasteiger charge is -1.91. The van der Waals surface area contributed by atoms with Gasteiger partial charge in [0.25, 0.3) is 0 Å². The van der Waals surface area contributed by atoms with Gasteiger partial charge in [0, 0.05) is 6.92 Å². The number of carbonyl (C=O) groups is 2. The molecule has 13 heavy (non-hydrogen) atoms. The standard InChI is InChI=1S/C9H10O4/c1-5-3-8(6(2)10)13-7(5)4-9(11)12/h3H,4H2,1-2H3,(H,11,12). The Labute approximate surface area is 75.2 Å². The minimum absolute atomic E-state index is 0.181. The van der Waals surface area contributed by atoms with Crippen molar-refractivity contribution in [3.63, 3.8) is 0 Å². The third-order valence-electron chi connectivity index (χ3n) is 1.68. The van der Waals surface area contributed by atoms with Crippen LogP contribution in [0.15, 0.2) is 10.5 Å². The van der Waals surface area contributed by atoms with Gasteiger partial charge in [-0.05, 0) is 18.6 Å². The molecule has 0 saturated carbocycles. The summed E-state index contributed by atoms with van der Waals surface area (Å²) in [6, 6.07) is 1.56. The van der Waals surface area contributed by atoms with Crippen molar-refractivity contribution in [3.05, 3.63) is 23.2 Å². The number of rotatable bonds is 3. The van der Waals surface area contributed by atoms with Gasteiger partial charge in [-0.3, -0.25) is 9.59 Å². The summed E-state index contributed by atoms with van der Waals surface area (Å²) in [6.07, 6.45) is -0.181. The minimum Gasteiger partial charge on any atom is -0.481 e. The number of Topliss-reactive ketones (excluding diaryl/α,β-unsaturated/α-hetero) is 1. The van der Waals surface area contributed by atoms with Crippen LogP contribution in [0.5, 0.6) is 0 Å². The SMILES string of the molecule is CC(=O)c1cc(C)c(CC(=O)O)o1. The van der Waals surface area contributed by atoms with E-state index < -0.39 is 5.97 Å². The Morgan fingerprint density at radius 2 is 2.15 bits per heavy atom. The Kier molecular flexibility index (Phi) is 2.51. The Morgan fingerprint density at radius 3 is 2.54 bits per heavy atom. The fraction of sp³-hybridized carbons (Fsp3) is 0.333. The zero-order chi connectivity index (χ0) is 10.0. The van der Waals surface area contributed by atoms with Crippen LogP contribution in [0.3, 0.4) is 0 Å². The average Bonchev–Trinajstić information content (AvgIpc) is 2.31. The highest BCUT2D eigenvalue weighted by Gasteiger charge is 2.13. The second kappa shape index (κ2) is 3.43. The second-order valence-electron chi connectivity index (χ2n) is 2.84. The van der Waals surface area contributed by atoms with E-state index in [0.29, 0.717) is 11.3 Å². The summed E-state index contributed by atoms with van der Waals surface area (Å²) >= 11 is 0. The first kappa shape index (κ1) is 9.51. The smallest absolute Gasteiger partial charge is 0.311 e. The summed E-state index contributed by atoms with van der Waals surface area (Å²) in [6.45, 7) is 3.09. The molecule has 1 heterocycles. The molecule has 0 unspecified atom stereocenters. The fourth-order valence-electron chi connectivity index (χ4n) is 1.01. The molecule has 4 nitrogen and oxygen atoms in total. The van der Waals surface area contributed by atoms with Crippen molar-refractivity contribution >= 4 is 11.8 Å². The van der Waals surface area contributed by atoms with Gasteiger partial charge in [-0.1, -0.05) is 0 Å². The van der Waals surface area contributed by atoms with E-state index in [9.17, 15) is 9.59 Å². The van der Waals surface area contributed by atoms with Crippen molar-refractivity contribution in [1.82, 2.24) is 0 Å². The Bertz CT molecular complexity index is 348. The summed E-state index contributed by atoms with van der Waals surface area (Å²) in [5.74, 6) is -0.598. The number of ketones is 1. The second-order valence-corrected chi connectivity index (χ2v) is 2.84. The molecule has 0 amide bonds. The molecule has 0 bridgehead atoms. The molecule has 0 spiro atoms. The van der Waals surface area contributed by atoms with Gasteiger partial charge in [0.2, 0.25) is 0 Å². The van der Waals surface area contributed by atoms with Crippen LogP contribution in [0.25, 0.3) is 0 Å². The van der Waals surface area contributed by atoms with E-state index in [-0.39, 0.29) is 18.0 Å². The lowest BCUT2D eigenvalue weighted by atomic mass is 10.2. The quantitative estimate of drug-likeness (QED) is 0.718. The number of furan rings is 1. The number of carboxylic acids is 1. The van der Waals surface area contributed by atoms with Gasteiger partial charge in [-0.25, -0.2) is 0 Å². The van der Waals surface area contributed by atoms with E-state index in [1.54, 1.807) is 13.0 Å². The van der Waals surface area contributed by atoms with Gasteiger partial charge >= 0.3 is 5.97 Å². The van der Waals surface area contributed by atoms with Crippen LogP contribution >= 0.6 is 0 Å². The average molecular weight is 182 g/mol. The van der Waals surface area contributed by atoms with E-state index in [1.165, 1.54) is 6.92 Å². The molecule has 1 aromatic heterocycles. The lowest BCUT2D eigenvalue weighted by Crippen LogP contribution is -1.99. The molecule has 0 saturated heterocycles. The molecular weight excluding hydrogens is 172 g/mol. The molecule has 0 radical (unpaired) electrons. The predicted molar refractivity (Wildman–Crippen MR) is 44.8 cm³/mol. The summed E-state index contributed by atoms with van der Waals surface area (Å²) in [5.41, 5.74) is 0.701. The van der Waals surface area contributed by atoms with Crippen LogP contribution in [-0.4, -0.2) is 16.9 Å². The molecule has 0 fully saturated rings. The van der Waals surface area contributed by atoms with Crippen molar-refractivity contribution in [2.75, 3.05) is 0 Å². The topological polar surface area (TPSA) is 67.5 Å². The molecule has 1 aromatic rings. The van der Waals surface area contributed by atoms with Crippen LogP contribution < -0.4 is 0 Å². The van der Waals surface area contributed by atoms with E-state index in [0.717, 1.165) is 0 Å². The first-order chi connectivity index (χ1) is 6.00. The molecule has 0 aliphatic rings. The van der Waals surface area contributed by atoms with Crippen molar-refractivity contribution in [2.24, 2.45) is 0 Å². The molecule has 0 aliphatic carbocycles. The largest absolute Gasteiger partial charge is 0.481 e. The molecule has 0 aliphatic heterocycles. The van der Waals surface area contributed by atoms with E-state index >= 15 is 0 Å². The highest BCUT2D eigenvalue weighted by molar-refractivity contribution is 5.91. The van der Waals surface area contributed by atoms with Gasteiger partial charge in [0.15, 0.2) is 11.5 Å². The predicted octanol–water partition coefficient (Wildman–Crippen LogP) is 1.42. The molecule has 1 rings (SSSR count). The number of hydrogen-bond acceptors (Lipinski definition) is 3. The molecule has 70 valence electrons. The van der Waals surface area contributed by atoms with Crippen LogP contribution in [0.2, 0.25) is 0 Å². The normalized spacial score (nSPS) is 10.0. The zero-order valence-electron chi connectivity index (χ0n) is 7.46. The summed E-state index contributed by atoms with van der Waals surface area (Å²) in [4.78, 5) is 21.2. The lowest BCUT2D eigenvalue weighted by molar-refractivity contribution is -0.136. The number of aryl methyl sites for hydroxylation is 1. The van der Waals surface area contributed by atoms with Gasteiger partial charge in [-0.2, -0.15) is 0 Å². The number of carbonyl (C=O) groups excluding carboxylic acids is 1. The highest BCUT2D eigenvalue weighted by Crippen LogP contribution is 2.15. The minimum atomic E-state index is -0.965. The third-order valence-corrected chi connectivity index (χ3v) is 1.68. The van der Waals surface area contributed by atoms with Crippen LogP contribution in [0, 0.1) is 6.92 Å². The maximum Gasteiger partial charge on any atom is 0.311 e. The van der Waals surface area contributed by atoms with Crippen LogP contribution in [0.1, 0.15) is 28.8 Å². The van der Waals surface area contributed by atoms with Gasteiger partial charge in [0.1, 0.15) is 12.2 Å². The molecular formula is C9H10O4. The first-order valence-corrected chi connectivity index (χ1v) is 3.82. The maximum absolute atomic E-state index is 10.9. The van der Waals surface area contributed by atoms with Crippen LogP contribution in [0.4, 0.5) is 0 Å². The Balaban J connectivity index is 2.96. The van der Waals surface area contributed by atoms with Gasteiger partial charge < -0.3 is 9.52 Å². The van der Waals surface area contributed by atoms with Crippen molar-refractivity contribution < 1.29 is 19.1 Å². The fourth-order valence-corrected chi connectivity index (χ4v) is 1.01. The molecule has 0 atom stereocenters. The van der Waals surface area contributed by atoms with Gasteiger partial charge in [0.05, 0.1) is 0 Å². The van der Waals surface area contributed by atoms with Crippen molar-refractivity contribution in [3.8, 4) is 0 Å². The third kappa shape index (κ3) is 2.18.